The number of nitrogens with zero attached hydrogens (tertiary/aromatic N) is 2. The van der Waals surface area contributed by atoms with E-state index in [0.29, 0.717) is 27.1 Å². The number of amides is 1. The molecule has 0 aliphatic rings. The highest BCUT2D eigenvalue weighted by molar-refractivity contribution is 7.71. The van der Waals surface area contributed by atoms with Crippen molar-refractivity contribution >= 4 is 29.7 Å². The Labute approximate surface area is 165 Å². The van der Waals surface area contributed by atoms with E-state index in [0.717, 1.165) is 5.69 Å². The van der Waals surface area contributed by atoms with E-state index in [4.69, 9.17) is 33.3 Å². The van der Waals surface area contributed by atoms with Gasteiger partial charge >= 0.3 is 0 Å². The molecule has 1 amide bonds. The monoisotopic (exact) mass is 404 g/mol. The lowest BCUT2D eigenvalue weighted by atomic mass is 10.3. The fourth-order valence-electron chi connectivity index (χ4n) is 2.42. The number of hydrogen-bond acceptors (Lipinski definition) is 5. The average molecular weight is 405 g/mol. The zero-order valence-corrected chi connectivity index (χ0v) is 16.0. The van der Waals surface area contributed by atoms with E-state index in [1.54, 1.807) is 35.9 Å². The molecule has 0 aliphatic heterocycles. The number of carbonyl (C=O) groups excluding carboxylic acids is 1. The van der Waals surface area contributed by atoms with Crippen LogP contribution in [-0.2, 0) is 11.3 Å². The lowest BCUT2D eigenvalue weighted by Crippen LogP contribution is -2.29. The normalized spacial score (nSPS) is 10.4. The molecule has 0 fully saturated rings. The van der Waals surface area contributed by atoms with Gasteiger partial charge in [0.05, 0.1) is 19.3 Å². The molecule has 2 aromatic carbocycles. The summed E-state index contributed by atoms with van der Waals surface area (Å²) in [5.41, 5.74) is 0.736. The number of H-pyrrole nitrogens is 1. The van der Waals surface area contributed by atoms with E-state index in [1.807, 2.05) is 24.3 Å². The number of nitrogens with one attached hydrogen (secondary N) is 2. The average Bonchev–Trinajstić information content (AvgIpc) is 3.06. The Morgan fingerprint density at radius 3 is 2.74 bits per heavy atom. The van der Waals surface area contributed by atoms with Gasteiger partial charge in [-0.25, -0.2) is 0 Å². The zero-order chi connectivity index (χ0) is 19.2. The molecule has 0 saturated heterocycles. The molecule has 0 unspecified atom stereocenters. The highest BCUT2D eigenvalue weighted by Crippen LogP contribution is 2.23. The highest BCUT2D eigenvalue weighted by Gasteiger charge is 2.13. The van der Waals surface area contributed by atoms with E-state index in [2.05, 4.69) is 15.5 Å². The maximum atomic E-state index is 12.1. The summed E-state index contributed by atoms with van der Waals surface area (Å²) < 4.78 is 12.9. The molecule has 0 atom stereocenters. The quantitative estimate of drug-likeness (QED) is 0.590. The van der Waals surface area contributed by atoms with Gasteiger partial charge in [0.1, 0.15) is 11.5 Å². The number of halogens is 1. The van der Waals surface area contributed by atoms with Gasteiger partial charge in [0.25, 0.3) is 5.91 Å². The van der Waals surface area contributed by atoms with Crippen LogP contribution in [0.4, 0.5) is 0 Å². The molecule has 0 bridgehead atoms. The van der Waals surface area contributed by atoms with Gasteiger partial charge in [-0.05, 0) is 48.6 Å². The number of methoxy groups -OCH3 is 1. The van der Waals surface area contributed by atoms with Crippen LogP contribution < -0.4 is 14.8 Å². The topological polar surface area (TPSA) is 81.2 Å². The third kappa shape index (κ3) is 4.66. The molecule has 3 aromatic rings. The fraction of sp³-hybridized carbons (Fsp3) is 0.167. The Hall–Kier alpha value is -2.84. The van der Waals surface area contributed by atoms with Crippen LogP contribution in [0, 0.1) is 4.77 Å². The summed E-state index contributed by atoms with van der Waals surface area (Å²) in [5, 5.41) is 10.3. The summed E-state index contributed by atoms with van der Waals surface area (Å²) >= 11 is 11.1. The van der Waals surface area contributed by atoms with Gasteiger partial charge in [-0.2, -0.15) is 5.10 Å². The molecular weight excluding hydrogens is 388 g/mol. The lowest BCUT2D eigenvalue weighted by Gasteiger charge is -2.12. The van der Waals surface area contributed by atoms with Gasteiger partial charge < -0.3 is 14.8 Å². The zero-order valence-electron chi connectivity index (χ0n) is 14.4. The van der Waals surface area contributed by atoms with Crippen LogP contribution in [-0.4, -0.2) is 34.4 Å². The summed E-state index contributed by atoms with van der Waals surface area (Å²) in [7, 11) is 1.58. The fourth-order valence-corrected chi connectivity index (χ4v) is 2.79. The minimum absolute atomic E-state index is 0.124. The molecule has 140 valence electrons. The summed E-state index contributed by atoms with van der Waals surface area (Å²) in [5.74, 6) is 1.47. The molecule has 1 aromatic heterocycles. The number of aromatic nitrogens is 3. The number of rotatable bonds is 7. The first-order valence-corrected chi connectivity index (χ1v) is 8.82. The second-order valence-corrected chi connectivity index (χ2v) is 6.29. The predicted molar refractivity (Wildman–Crippen MR) is 104 cm³/mol. The van der Waals surface area contributed by atoms with Crippen molar-refractivity contribution in [1.82, 2.24) is 20.1 Å². The summed E-state index contributed by atoms with van der Waals surface area (Å²) in [4.78, 5) is 12.1. The molecule has 0 spiro atoms. The summed E-state index contributed by atoms with van der Waals surface area (Å²) in [6.07, 6.45) is 0. The molecule has 3 rings (SSSR count). The molecule has 0 radical (unpaired) electrons. The molecule has 2 N–H and O–H groups in total. The first kappa shape index (κ1) is 18.9. The standard InChI is InChI=1S/C18H17ClN4O3S/c1-25-15-5-3-2-4-14(15)23-16(21-22-18(23)27)10-20-17(24)11-26-13-8-6-12(19)7-9-13/h2-9H,10-11H2,1H3,(H,20,24)(H,22,27). The van der Waals surface area contributed by atoms with Crippen molar-refractivity contribution in [2.45, 2.75) is 6.54 Å². The van der Waals surface area contributed by atoms with E-state index in [1.165, 1.54) is 0 Å². The Kier molecular flexibility index (Phi) is 6.10. The SMILES string of the molecule is COc1ccccc1-n1c(CNC(=O)COc2ccc(Cl)cc2)n[nH]c1=S. The smallest absolute Gasteiger partial charge is 0.258 e. The Morgan fingerprint density at radius 2 is 2.00 bits per heavy atom. The predicted octanol–water partition coefficient (Wildman–Crippen LogP) is 3.29. The number of ether oxygens (including phenoxy) is 2. The van der Waals surface area contributed by atoms with Crippen molar-refractivity contribution in [1.29, 1.82) is 0 Å². The number of benzene rings is 2. The number of carbonyl (C=O) groups is 1. The number of aromatic amines is 1. The van der Waals surface area contributed by atoms with Crippen molar-refractivity contribution in [3.05, 3.63) is 64.1 Å². The summed E-state index contributed by atoms with van der Waals surface area (Å²) in [6, 6.07) is 14.2. The molecule has 9 heteroatoms. The van der Waals surface area contributed by atoms with Crippen molar-refractivity contribution in [3.8, 4) is 17.2 Å². The van der Waals surface area contributed by atoms with Crippen LogP contribution in [0.25, 0.3) is 5.69 Å². The molecule has 27 heavy (non-hydrogen) atoms. The van der Waals surface area contributed by atoms with Gasteiger partial charge in [-0.3, -0.25) is 14.5 Å². The van der Waals surface area contributed by atoms with Crippen LogP contribution in [0.3, 0.4) is 0 Å². The second-order valence-electron chi connectivity index (χ2n) is 5.47. The van der Waals surface area contributed by atoms with Crippen LogP contribution in [0.5, 0.6) is 11.5 Å². The second kappa shape index (κ2) is 8.70. The third-order valence-electron chi connectivity index (χ3n) is 3.70. The van der Waals surface area contributed by atoms with Crippen molar-refractivity contribution in [2.24, 2.45) is 0 Å². The van der Waals surface area contributed by atoms with Gasteiger partial charge in [0, 0.05) is 5.02 Å². The van der Waals surface area contributed by atoms with Gasteiger partial charge in [0.2, 0.25) is 0 Å². The van der Waals surface area contributed by atoms with Crippen molar-refractivity contribution in [2.75, 3.05) is 13.7 Å². The Balaban J connectivity index is 1.66. The Morgan fingerprint density at radius 1 is 1.26 bits per heavy atom. The van der Waals surface area contributed by atoms with E-state index < -0.39 is 0 Å². The van der Waals surface area contributed by atoms with Crippen LogP contribution in [0.15, 0.2) is 48.5 Å². The minimum Gasteiger partial charge on any atom is -0.495 e. The van der Waals surface area contributed by atoms with E-state index in [-0.39, 0.29) is 19.1 Å². The molecule has 0 saturated carbocycles. The van der Waals surface area contributed by atoms with Crippen LogP contribution in [0.1, 0.15) is 5.82 Å². The maximum absolute atomic E-state index is 12.1. The van der Waals surface area contributed by atoms with Crippen LogP contribution in [0.2, 0.25) is 5.02 Å². The van der Waals surface area contributed by atoms with Gasteiger partial charge in [-0.15, -0.1) is 0 Å². The molecule has 1 heterocycles. The van der Waals surface area contributed by atoms with Crippen LogP contribution >= 0.6 is 23.8 Å². The number of hydrogen-bond donors (Lipinski definition) is 2. The largest absolute Gasteiger partial charge is 0.495 e. The number of para-hydroxylation sites is 2. The van der Waals surface area contributed by atoms with E-state index >= 15 is 0 Å². The van der Waals surface area contributed by atoms with Crippen molar-refractivity contribution < 1.29 is 14.3 Å². The third-order valence-corrected chi connectivity index (χ3v) is 4.22. The van der Waals surface area contributed by atoms with E-state index in [9.17, 15) is 4.79 Å². The van der Waals surface area contributed by atoms with Gasteiger partial charge in [-0.1, -0.05) is 23.7 Å². The van der Waals surface area contributed by atoms with Gasteiger partial charge in [0.15, 0.2) is 17.2 Å². The first-order valence-electron chi connectivity index (χ1n) is 8.03. The minimum atomic E-state index is -0.287. The summed E-state index contributed by atoms with van der Waals surface area (Å²) in [6.45, 7) is 0.0510. The molecule has 0 aliphatic carbocycles. The highest BCUT2D eigenvalue weighted by atomic mass is 35.5. The molecular formula is C18H17ClN4O3S. The molecule has 7 nitrogen and oxygen atoms in total. The Bertz CT molecular complexity index is 985. The maximum Gasteiger partial charge on any atom is 0.258 e. The lowest BCUT2D eigenvalue weighted by molar-refractivity contribution is -0.123. The van der Waals surface area contributed by atoms with Crippen molar-refractivity contribution in [3.63, 3.8) is 0 Å². The first-order chi connectivity index (χ1) is 13.1.